The summed E-state index contributed by atoms with van der Waals surface area (Å²) in [6, 6.07) is 9.98. The summed E-state index contributed by atoms with van der Waals surface area (Å²) in [5, 5.41) is 0.481. The Bertz CT molecular complexity index is 429. The fourth-order valence-electron chi connectivity index (χ4n) is 1.96. The molecule has 0 radical (unpaired) electrons. The van der Waals surface area contributed by atoms with E-state index in [9.17, 15) is 4.79 Å². The molecule has 0 heterocycles. The molecule has 0 fully saturated rings. The zero-order valence-electron chi connectivity index (χ0n) is 12.5. The fourth-order valence-corrected chi connectivity index (χ4v) is 2.29. The third-order valence-electron chi connectivity index (χ3n) is 3.33. The Labute approximate surface area is 126 Å². The first-order valence-corrected chi connectivity index (χ1v) is 7.45. The molecule has 1 atom stereocenters. The standard InChI is InChI=1S/C16H23NO2S/c1-4-17(5-2)16(20)19-12-15(13(3)18)11-14-9-7-6-8-10-14/h6-10,15H,4-5,11-12H2,1-3H3. The van der Waals surface area contributed by atoms with E-state index in [-0.39, 0.29) is 11.7 Å². The van der Waals surface area contributed by atoms with E-state index in [2.05, 4.69) is 0 Å². The van der Waals surface area contributed by atoms with Gasteiger partial charge in [0.05, 0.1) is 5.92 Å². The van der Waals surface area contributed by atoms with Gasteiger partial charge in [0.1, 0.15) is 12.4 Å². The van der Waals surface area contributed by atoms with Gasteiger partial charge in [-0.15, -0.1) is 0 Å². The maximum Gasteiger partial charge on any atom is 0.259 e. The van der Waals surface area contributed by atoms with E-state index in [1.165, 1.54) is 0 Å². The molecular formula is C16H23NO2S. The lowest BCUT2D eigenvalue weighted by Crippen LogP contribution is -2.33. The quantitative estimate of drug-likeness (QED) is 0.723. The Morgan fingerprint density at radius 2 is 1.85 bits per heavy atom. The van der Waals surface area contributed by atoms with Crippen molar-refractivity contribution in [2.75, 3.05) is 19.7 Å². The molecule has 0 N–H and O–H groups in total. The van der Waals surface area contributed by atoms with Gasteiger partial charge in [-0.1, -0.05) is 30.3 Å². The van der Waals surface area contributed by atoms with E-state index >= 15 is 0 Å². The van der Waals surface area contributed by atoms with Crippen molar-refractivity contribution in [3.63, 3.8) is 0 Å². The molecule has 0 aliphatic heterocycles. The predicted molar refractivity (Wildman–Crippen MR) is 85.8 cm³/mol. The molecule has 3 nitrogen and oxygen atoms in total. The Balaban J connectivity index is 2.56. The maximum absolute atomic E-state index is 11.7. The molecular weight excluding hydrogens is 270 g/mol. The Hall–Kier alpha value is -1.42. The van der Waals surface area contributed by atoms with E-state index < -0.39 is 0 Å². The van der Waals surface area contributed by atoms with Crippen LogP contribution in [0.4, 0.5) is 0 Å². The molecule has 0 aliphatic rings. The van der Waals surface area contributed by atoms with Gasteiger partial charge < -0.3 is 9.64 Å². The SMILES string of the molecule is CCN(CC)C(=S)OCC(Cc1ccccc1)C(C)=O. The molecule has 20 heavy (non-hydrogen) atoms. The van der Waals surface area contributed by atoms with Crippen LogP contribution in [0.25, 0.3) is 0 Å². The van der Waals surface area contributed by atoms with Crippen molar-refractivity contribution in [2.24, 2.45) is 5.92 Å². The van der Waals surface area contributed by atoms with Crippen molar-refractivity contribution >= 4 is 23.2 Å². The Kier molecular flexibility index (Phi) is 7.23. The summed E-state index contributed by atoms with van der Waals surface area (Å²) >= 11 is 5.24. The zero-order chi connectivity index (χ0) is 15.0. The minimum atomic E-state index is -0.147. The normalized spacial score (nSPS) is 11.8. The molecule has 0 spiro atoms. The highest BCUT2D eigenvalue weighted by Gasteiger charge is 2.17. The first-order chi connectivity index (χ1) is 9.58. The Morgan fingerprint density at radius 1 is 1.25 bits per heavy atom. The summed E-state index contributed by atoms with van der Waals surface area (Å²) in [6.45, 7) is 7.66. The molecule has 1 unspecified atom stereocenters. The minimum Gasteiger partial charge on any atom is -0.470 e. The lowest BCUT2D eigenvalue weighted by Gasteiger charge is -2.23. The van der Waals surface area contributed by atoms with Gasteiger partial charge in [0, 0.05) is 13.1 Å². The van der Waals surface area contributed by atoms with E-state index in [4.69, 9.17) is 17.0 Å². The molecule has 0 saturated carbocycles. The van der Waals surface area contributed by atoms with Crippen LogP contribution in [0.15, 0.2) is 30.3 Å². The molecule has 1 rings (SSSR count). The van der Waals surface area contributed by atoms with Crippen LogP contribution in [-0.4, -0.2) is 35.6 Å². The molecule has 0 amide bonds. The van der Waals surface area contributed by atoms with Gasteiger partial charge in [0.2, 0.25) is 0 Å². The van der Waals surface area contributed by atoms with Crippen LogP contribution in [0.5, 0.6) is 0 Å². The number of hydrogen-bond donors (Lipinski definition) is 0. The second kappa shape index (κ2) is 8.69. The maximum atomic E-state index is 11.7. The average molecular weight is 293 g/mol. The smallest absolute Gasteiger partial charge is 0.259 e. The third kappa shape index (κ3) is 5.29. The van der Waals surface area contributed by atoms with Crippen LogP contribution in [0.3, 0.4) is 0 Å². The highest BCUT2D eigenvalue weighted by molar-refractivity contribution is 7.80. The summed E-state index contributed by atoms with van der Waals surface area (Å²) < 4.78 is 5.62. The molecule has 4 heteroatoms. The molecule has 0 aliphatic carbocycles. The first-order valence-electron chi connectivity index (χ1n) is 7.04. The van der Waals surface area contributed by atoms with Crippen LogP contribution in [-0.2, 0) is 16.0 Å². The average Bonchev–Trinajstić information content (AvgIpc) is 2.45. The minimum absolute atomic E-state index is 0.135. The molecule has 0 aromatic heterocycles. The second-order valence-electron chi connectivity index (χ2n) is 4.75. The number of hydrogen-bond acceptors (Lipinski definition) is 3. The zero-order valence-corrected chi connectivity index (χ0v) is 13.3. The highest BCUT2D eigenvalue weighted by atomic mass is 32.1. The summed E-state index contributed by atoms with van der Waals surface area (Å²) in [6.07, 6.45) is 0.692. The number of thiocarbonyl (C=S) groups is 1. The summed E-state index contributed by atoms with van der Waals surface area (Å²) in [5.74, 6) is -0.0119. The number of ketones is 1. The monoisotopic (exact) mass is 293 g/mol. The van der Waals surface area contributed by atoms with Gasteiger partial charge in [-0.05, 0) is 45.0 Å². The van der Waals surface area contributed by atoms with Crippen LogP contribution in [0, 0.1) is 5.92 Å². The number of rotatable bonds is 7. The number of ether oxygens (including phenoxy) is 1. The van der Waals surface area contributed by atoms with Crippen molar-refractivity contribution < 1.29 is 9.53 Å². The lowest BCUT2D eigenvalue weighted by molar-refractivity contribution is -0.121. The van der Waals surface area contributed by atoms with E-state index in [1.807, 2.05) is 49.1 Å². The number of Topliss-reactive ketones (excluding diaryl/α,β-unsaturated/α-hetero) is 1. The lowest BCUT2D eigenvalue weighted by atomic mass is 9.97. The van der Waals surface area contributed by atoms with Crippen LogP contribution in [0.1, 0.15) is 26.3 Å². The fraction of sp³-hybridized carbons (Fsp3) is 0.500. The van der Waals surface area contributed by atoms with Crippen LogP contribution >= 0.6 is 12.2 Å². The predicted octanol–water partition coefficient (Wildman–Crippen LogP) is 3.08. The number of carbonyl (C=O) groups excluding carboxylic acids is 1. The van der Waals surface area contributed by atoms with Crippen LogP contribution < -0.4 is 0 Å². The molecule has 1 aromatic carbocycles. The summed E-state index contributed by atoms with van der Waals surface area (Å²) in [4.78, 5) is 13.7. The molecule has 1 aromatic rings. The van der Waals surface area contributed by atoms with Crippen molar-refractivity contribution in [1.82, 2.24) is 4.90 Å². The van der Waals surface area contributed by atoms with Gasteiger partial charge in [-0.25, -0.2) is 0 Å². The van der Waals surface area contributed by atoms with Crippen molar-refractivity contribution in [1.29, 1.82) is 0 Å². The highest BCUT2D eigenvalue weighted by Crippen LogP contribution is 2.11. The molecule has 0 bridgehead atoms. The Morgan fingerprint density at radius 3 is 2.35 bits per heavy atom. The van der Waals surface area contributed by atoms with Crippen molar-refractivity contribution in [2.45, 2.75) is 27.2 Å². The van der Waals surface area contributed by atoms with Gasteiger partial charge in [0.15, 0.2) is 0 Å². The molecule has 110 valence electrons. The largest absolute Gasteiger partial charge is 0.470 e. The summed E-state index contributed by atoms with van der Waals surface area (Å²) in [7, 11) is 0. The third-order valence-corrected chi connectivity index (χ3v) is 3.71. The van der Waals surface area contributed by atoms with Gasteiger partial charge in [-0.3, -0.25) is 4.79 Å². The van der Waals surface area contributed by atoms with E-state index in [0.29, 0.717) is 18.2 Å². The number of carbonyl (C=O) groups is 1. The molecule has 0 saturated heterocycles. The van der Waals surface area contributed by atoms with Crippen molar-refractivity contribution in [3.05, 3.63) is 35.9 Å². The van der Waals surface area contributed by atoms with Crippen LogP contribution in [0.2, 0.25) is 0 Å². The van der Waals surface area contributed by atoms with Gasteiger partial charge >= 0.3 is 0 Å². The van der Waals surface area contributed by atoms with Gasteiger partial charge in [0.25, 0.3) is 5.17 Å². The second-order valence-corrected chi connectivity index (χ2v) is 5.10. The first kappa shape index (κ1) is 16.6. The van der Waals surface area contributed by atoms with E-state index in [0.717, 1.165) is 18.7 Å². The summed E-state index contributed by atoms with van der Waals surface area (Å²) in [5.41, 5.74) is 1.14. The van der Waals surface area contributed by atoms with E-state index in [1.54, 1.807) is 6.92 Å². The van der Waals surface area contributed by atoms with Gasteiger partial charge in [-0.2, -0.15) is 0 Å². The topological polar surface area (TPSA) is 29.5 Å². The van der Waals surface area contributed by atoms with Crippen molar-refractivity contribution in [3.8, 4) is 0 Å². The number of benzene rings is 1. The number of nitrogens with zero attached hydrogens (tertiary/aromatic N) is 1.